The van der Waals surface area contributed by atoms with Crippen molar-refractivity contribution < 1.29 is 37.3 Å². The summed E-state index contributed by atoms with van der Waals surface area (Å²) < 4.78 is 52.6. The highest BCUT2D eigenvalue weighted by atomic mass is 35.5. The number of carbonyl (C=O) groups is 2. The molecule has 1 saturated carbocycles. The lowest BCUT2D eigenvalue weighted by molar-refractivity contribution is -0.123. The number of fused-ring (bicyclic) bond motifs is 2. The Hall–Kier alpha value is -4.36. The Bertz CT molecular complexity index is 1830. The number of aliphatic hydroxyl groups is 1. The highest BCUT2D eigenvalue weighted by molar-refractivity contribution is 6.30. The number of methoxy groups -OCH3 is 1. The summed E-state index contributed by atoms with van der Waals surface area (Å²) in [5.41, 5.74) is 4.01. The SMILES string of the molecule is COc1cc(C(=O)NCC(O)(c2cc3c(c(-c4ccc(Cl)c(F)c4)n2)OC[C@]3(C)C(N)=O)C2CC2)cc2cn(C(F)F)nc12. The Morgan fingerprint density at radius 2 is 2.05 bits per heavy atom. The molecule has 2 aliphatic rings. The molecule has 4 aromatic rings. The maximum absolute atomic E-state index is 14.5. The van der Waals surface area contributed by atoms with Crippen LogP contribution in [0.15, 0.2) is 42.6 Å². The summed E-state index contributed by atoms with van der Waals surface area (Å²) in [6, 6.07) is 8.38. The second-order valence-electron chi connectivity index (χ2n) is 11.2. The predicted molar refractivity (Wildman–Crippen MR) is 153 cm³/mol. The van der Waals surface area contributed by atoms with Gasteiger partial charge in [0.2, 0.25) is 5.91 Å². The van der Waals surface area contributed by atoms with Crippen molar-refractivity contribution in [3.63, 3.8) is 0 Å². The predicted octanol–water partition coefficient (Wildman–Crippen LogP) is 4.46. The van der Waals surface area contributed by atoms with Crippen LogP contribution in [-0.4, -0.2) is 51.9 Å². The molecule has 2 atom stereocenters. The zero-order chi connectivity index (χ0) is 31.6. The van der Waals surface area contributed by atoms with Gasteiger partial charge in [-0.2, -0.15) is 13.9 Å². The maximum atomic E-state index is 14.5. The molecule has 1 fully saturated rings. The van der Waals surface area contributed by atoms with Crippen LogP contribution in [0.3, 0.4) is 0 Å². The van der Waals surface area contributed by atoms with Crippen molar-refractivity contribution in [2.24, 2.45) is 11.7 Å². The van der Waals surface area contributed by atoms with Gasteiger partial charge in [0.05, 0.1) is 24.4 Å². The summed E-state index contributed by atoms with van der Waals surface area (Å²) in [5.74, 6) is -1.92. The molecule has 6 rings (SSSR count). The molecule has 0 saturated heterocycles. The normalized spacial score (nSPS) is 19.0. The van der Waals surface area contributed by atoms with E-state index in [1.54, 1.807) is 19.1 Å². The first-order chi connectivity index (χ1) is 20.9. The summed E-state index contributed by atoms with van der Waals surface area (Å²) in [5, 5.41) is 18.8. The van der Waals surface area contributed by atoms with Crippen LogP contribution >= 0.6 is 11.6 Å². The number of aromatic nitrogens is 3. The van der Waals surface area contributed by atoms with E-state index in [9.17, 15) is 27.9 Å². The van der Waals surface area contributed by atoms with Crippen LogP contribution in [0.1, 0.15) is 47.9 Å². The number of nitrogens with zero attached hydrogens (tertiary/aromatic N) is 3. The second kappa shape index (κ2) is 10.7. The molecule has 2 aromatic heterocycles. The van der Waals surface area contributed by atoms with Crippen LogP contribution in [-0.2, 0) is 15.8 Å². The number of carbonyl (C=O) groups excluding carboxylic acids is 2. The van der Waals surface area contributed by atoms with E-state index in [1.807, 2.05) is 0 Å². The van der Waals surface area contributed by atoms with Crippen LogP contribution in [0.2, 0.25) is 5.02 Å². The summed E-state index contributed by atoms with van der Waals surface area (Å²) >= 11 is 5.90. The van der Waals surface area contributed by atoms with Gasteiger partial charge in [-0.25, -0.2) is 14.1 Å². The minimum absolute atomic E-state index is 0.0864. The lowest BCUT2D eigenvalue weighted by Gasteiger charge is -2.30. The van der Waals surface area contributed by atoms with Crippen LogP contribution in [0, 0.1) is 11.7 Å². The molecule has 14 heteroatoms. The van der Waals surface area contributed by atoms with Crippen molar-refractivity contribution in [3.05, 3.63) is 70.3 Å². The molecule has 0 bridgehead atoms. The fourth-order valence-electron chi connectivity index (χ4n) is 5.48. The zero-order valence-electron chi connectivity index (χ0n) is 23.5. The van der Waals surface area contributed by atoms with E-state index in [-0.39, 0.29) is 63.4 Å². The first-order valence-corrected chi connectivity index (χ1v) is 14.0. The number of pyridine rings is 1. The Balaban J connectivity index is 1.39. The van der Waals surface area contributed by atoms with Crippen molar-refractivity contribution in [1.82, 2.24) is 20.1 Å². The van der Waals surface area contributed by atoms with E-state index in [4.69, 9.17) is 31.8 Å². The number of primary amides is 1. The van der Waals surface area contributed by atoms with Crippen molar-refractivity contribution in [1.29, 1.82) is 0 Å². The Kier molecular flexibility index (Phi) is 7.20. The van der Waals surface area contributed by atoms with Crippen LogP contribution in [0.25, 0.3) is 22.2 Å². The van der Waals surface area contributed by atoms with Crippen LogP contribution in [0.4, 0.5) is 13.2 Å². The van der Waals surface area contributed by atoms with Crippen molar-refractivity contribution in [2.45, 2.75) is 37.3 Å². The summed E-state index contributed by atoms with van der Waals surface area (Å²) in [6.45, 7) is -1.65. The highest BCUT2D eigenvalue weighted by Crippen LogP contribution is 2.50. The minimum Gasteiger partial charge on any atom is -0.494 e. The number of halogens is 4. The van der Waals surface area contributed by atoms with Gasteiger partial charge in [0.15, 0.2) is 0 Å². The molecule has 2 amide bonds. The van der Waals surface area contributed by atoms with E-state index < -0.39 is 35.2 Å². The molecular formula is C30H27ClF3N5O5. The van der Waals surface area contributed by atoms with E-state index in [0.29, 0.717) is 28.7 Å². The van der Waals surface area contributed by atoms with E-state index in [0.717, 1.165) is 6.20 Å². The molecule has 1 aliphatic heterocycles. The molecule has 3 heterocycles. The van der Waals surface area contributed by atoms with Gasteiger partial charge in [0, 0.05) is 28.3 Å². The first-order valence-electron chi connectivity index (χ1n) is 13.7. The topological polar surface area (TPSA) is 142 Å². The molecule has 0 spiro atoms. The standard InChI is InChI=1S/C30H27ClF3N5O5/c1-29(27(35)41)13-44-25-18(29)10-22(37-24(25)14-3-6-19(31)20(32)8-14)30(42,17-4-5-17)12-36-26(40)15-7-16-11-39(28(33)34)38-23(16)21(9-15)43-2/h3,6-11,17,28,42H,4-5,12-13H2,1-2H3,(H2,35,41)(H,36,40)/t29-,30?/m0/s1. The fourth-order valence-corrected chi connectivity index (χ4v) is 5.60. The molecular weight excluding hydrogens is 603 g/mol. The van der Waals surface area contributed by atoms with Crippen molar-refractivity contribution >= 4 is 34.3 Å². The third kappa shape index (κ3) is 4.89. The number of alkyl halides is 2. The largest absolute Gasteiger partial charge is 0.494 e. The molecule has 10 nitrogen and oxygen atoms in total. The maximum Gasteiger partial charge on any atom is 0.333 e. The van der Waals surface area contributed by atoms with Crippen LogP contribution < -0.4 is 20.5 Å². The number of hydrogen-bond donors (Lipinski definition) is 3. The van der Waals surface area contributed by atoms with Gasteiger partial charge < -0.3 is 25.6 Å². The third-order valence-electron chi connectivity index (χ3n) is 8.30. The molecule has 2 aromatic carbocycles. The summed E-state index contributed by atoms with van der Waals surface area (Å²) in [7, 11) is 1.33. The Morgan fingerprint density at radius 1 is 1.30 bits per heavy atom. The molecule has 1 aliphatic carbocycles. The number of nitrogens with one attached hydrogen (secondary N) is 1. The zero-order valence-corrected chi connectivity index (χ0v) is 24.3. The lowest BCUT2D eigenvalue weighted by Crippen LogP contribution is -2.44. The minimum atomic E-state index is -2.88. The Labute approximate surface area is 253 Å². The van der Waals surface area contributed by atoms with Gasteiger partial charge in [-0.1, -0.05) is 17.7 Å². The van der Waals surface area contributed by atoms with Crippen molar-refractivity contribution in [3.8, 4) is 22.8 Å². The molecule has 4 N–H and O–H groups in total. The fraction of sp³-hybridized carbons (Fsp3) is 0.333. The highest BCUT2D eigenvalue weighted by Gasteiger charge is 2.50. The number of benzene rings is 2. The molecule has 44 heavy (non-hydrogen) atoms. The van der Waals surface area contributed by atoms with Crippen molar-refractivity contribution in [2.75, 3.05) is 20.3 Å². The van der Waals surface area contributed by atoms with Crippen LogP contribution in [0.5, 0.6) is 11.5 Å². The third-order valence-corrected chi connectivity index (χ3v) is 8.60. The molecule has 0 radical (unpaired) electrons. The average molecular weight is 630 g/mol. The lowest BCUT2D eigenvalue weighted by atomic mass is 9.81. The number of amides is 2. The van der Waals surface area contributed by atoms with Gasteiger partial charge in [0.1, 0.15) is 46.1 Å². The number of nitrogens with two attached hydrogens (primary N) is 1. The number of rotatable bonds is 9. The van der Waals surface area contributed by atoms with Gasteiger partial charge in [-0.3, -0.25) is 9.59 Å². The Morgan fingerprint density at radius 3 is 2.68 bits per heavy atom. The summed E-state index contributed by atoms with van der Waals surface area (Å²) in [6.07, 6.45) is 2.37. The van der Waals surface area contributed by atoms with E-state index in [2.05, 4.69) is 10.4 Å². The van der Waals surface area contributed by atoms with Gasteiger partial charge >= 0.3 is 6.55 Å². The first kappa shape index (κ1) is 29.7. The van der Waals surface area contributed by atoms with Gasteiger partial charge in [-0.15, -0.1) is 0 Å². The second-order valence-corrected chi connectivity index (χ2v) is 11.6. The number of hydrogen-bond acceptors (Lipinski definition) is 7. The average Bonchev–Trinajstić information content (AvgIpc) is 3.68. The molecule has 1 unspecified atom stereocenters. The smallest absolute Gasteiger partial charge is 0.333 e. The van der Waals surface area contributed by atoms with E-state index >= 15 is 0 Å². The number of ether oxygens (including phenoxy) is 2. The quantitative estimate of drug-likeness (QED) is 0.248. The molecule has 230 valence electrons. The van der Waals surface area contributed by atoms with Gasteiger partial charge in [0.25, 0.3) is 5.91 Å². The monoisotopic (exact) mass is 629 g/mol. The van der Waals surface area contributed by atoms with Gasteiger partial charge in [-0.05, 0) is 56.0 Å². The van der Waals surface area contributed by atoms with E-state index in [1.165, 1.54) is 31.4 Å². The summed E-state index contributed by atoms with van der Waals surface area (Å²) in [4.78, 5) is 30.6.